The van der Waals surface area contributed by atoms with Gasteiger partial charge < -0.3 is 11.1 Å². The highest BCUT2D eigenvalue weighted by atomic mass is 16.1. The normalized spacial score (nSPS) is 9.50. The Kier molecular flexibility index (Phi) is 2.76. The summed E-state index contributed by atoms with van der Waals surface area (Å²) in [5.74, 6) is -0.118. The summed E-state index contributed by atoms with van der Waals surface area (Å²) in [6.07, 6.45) is 1.58. The van der Waals surface area contributed by atoms with E-state index < -0.39 is 0 Å². The predicted octanol–water partition coefficient (Wildman–Crippen LogP) is -0.100. The lowest BCUT2D eigenvalue weighted by atomic mass is 10.2. The first-order valence-electron chi connectivity index (χ1n) is 3.65. The minimum atomic E-state index is -0.118. The Morgan fingerprint density at radius 2 is 2.50 bits per heavy atom. The van der Waals surface area contributed by atoms with Gasteiger partial charge in [-0.1, -0.05) is 0 Å². The molecule has 1 aromatic rings. The van der Waals surface area contributed by atoms with Crippen molar-refractivity contribution in [3.05, 3.63) is 29.6 Å². The summed E-state index contributed by atoms with van der Waals surface area (Å²) in [6.45, 7) is 0.352. The van der Waals surface area contributed by atoms with Gasteiger partial charge in [-0.25, -0.2) is 0 Å². The third-order valence-corrected chi connectivity index (χ3v) is 1.51. The number of nitrogens with one attached hydrogen (secondary N) is 1. The summed E-state index contributed by atoms with van der Waals surface area (Å²) in [6, 6.07) is 3.33. The standard InChI is InChI=1S/C8H11N3O/c1-10-8(12)6-2-3-11-7(4-6)5-9/h2-4H,5,9H2,1H3,(H,10,12). The van der Waals surface area contributed by atoms with E-state index in [0.717, 1.165) is 5.69 Å². The molecule has 0 bridgehead atoms. The van der Waals surface area contributed by atoms with E-state index in [1.54, 1.807) is 25.4 Å². The van der Waals surface area contributed by atoms with Crippen molar-refractivity contribution >= 4 is 5.91 Å². The van der Waals surface area contributed by atoms with Gasteiger partial charge in [0.2, 0.25) is 0 Å². The lowest BCUT2D eigenvalue weighted by Crippen LogP contribution is -2.18. The molecule has 0 atom stereocenters. The molecule has 0 saturated carbocycles. The van der Waals surface area contributed by atoms with Gasteiger partial charge in [0, 0.05) is 25.4 Å². The van der Waals surface area contributed by atoms with Crippen LogP contribution in [0.3, 0.4) is 0 Å². The lowest BCUT2D eigenvalue weighted by molar-refractivity contribution is 0.0963. The average Bonchev–Trinajstić information content (AvgIpc) is 2.17. The molecule has 0 spiro atoms. The van der Waals surface area contributed by atoms with Gasteiger partial charge in [0.25, 0.3) is 5.91 Å². The molecule has 0 radical (unpaired) electrons. The highest BCUT2D eigenvalue weighted by molar-refractivity contribution is 5.93. The van der Waals surface area contributed by atoms with Crippen LogP contribution in [0.4, 0.5) is 0 Å². The third-order valence-electron chi connectivity index (χ3n) is 1.51. The van der Waals surface area contributed by atoms with Gasteiger partial charge in [-0.05, 0) is 12.1 Å². The van der Waals surface area contributed by atoms with E-state index >= 15 is 0 Å². The van der Waals surface area contributed by atoms with Gasteiger partial charge in [0.05, 0.1) is 5.69 Å². The van der Waals surface area contributed by atoms with E-state index in [1.807, 2.05) is 0 Å². The van der Waals surface area contributed by atoms with Crippen molar-refractivity contribution in [1.82, 2.24) is 10.3 Å². The Morgan fingerprint density at radius 1 is 1.75 bits per heavy atom. The molecule has 0 aliphatic carbocycles. The average molecular weight is 165 g/mol. The second kappa shape index (κ2) is 3.82. The van der Waals surface area contributed by atoms with Crippen LogP contribution in [0.25, 0.3) is 0 Å². The maximum Gasteiger partial charge on any atom is 0.251 e. The van der Waals surface area contributed by atoms with Crippen LogP contribution in [0, 0.1) is 0 Å². The molecule has 64 valence electrons. The smallest absolute Gasteiger partial charge is 0.251 e. The van der Waals surface area contributed by atoms with Crippen molar-refractivity contribution in [3.63, 3.8) is 0 Å². The largest absolute Gasteiger partial charge is 0.355 e. The zero-order valence-corrected chi connectivity index (χ0v) is 6.87. The van der Waals surface area contributed by atoms with Gasteiger partial charge in [-0.15, -0.1) is 0 Å². The van der Waals surface area contributed by atoms with Crippen molar-refractivity contribution in [3.8, 4) is 0 Å². The van der Waals surface area contributed by atoms with Crippen molar-refractivity contribution in [2.24, 2.45) is 5.73 Å². The second-order valence-electron chi connectivity index (χ2n) is 2.32. The summed E-state index contributed by atoms with van der Waals surface area (Å²) in [5, 5.41) is 2.53. The van der Waals surface area contributed by atoms with Crippen LogP contribution in [-0.2, 0) is 6.54 Å². The number of hydrogen-bond donors (Lipinski definition) is 2. The number of pyridine rings is 1. The topological polar surface area (TPSA) is 68.0 Å². The maximum absolute atomic E-state index is 11.1. The first-order valence-corrected chi connectivity index (χ1v) is 3.65. The van der Waals surface area contributed by atoms with Crippen LogP contribution in [0.15, 0.2) is 18.3 Å². The number of nitrogens with zero attached hydrogens (tertiary/aromatic N) is 1. The maximum atomic E-state index is 11.1. The van der Waals surface area contributed by atoms with E-state index in [9.17, 15) is 4.79 Å². The van der Waals surface area contributed by atoms with Crippen LogP contribution in [0.1, 0.15) is 16.1 Å². The molecular weight excluding hydrogens is 154 g/mol. The monoisotopic (exact) mass is 165 g/mol. The third kappa shape index (κ3) is 1.79. The summed E-state index contributed by atoms with van der Waals surface area (Å²) in [4.78, 5) is 15.1. The predicted molar refractivity (Wildman–Crippen MR) is 45.5 cm³/mol. The number of carbonyl (C=O) groups is 1. The van der Waals surface area contributed by atoms with Crippen LogP contribution in [-0.4, -0.2) is 17.9 Å². The fourth-order valence-electron chi connectivity index (χ4n) is 0.875. The number of carbonyl (C=O) groups excluding carboxylic acids is 1. The molecule has 4 heteroatoms. The van der Waals surface area contributed by atoms with Crippen molar-refractivity contribution < 1.29 is 4.79 Å². The SMILES string of the molecule is CNC(=O)c1ccnc(CN)c1. The molecule has 1 aromatic heterocycles. The van der Waals surface area contributed by atoms with E-state index in [4.69, 9.17) is 5.73 Å². The molecular formula is C8H11N3O. The van der Waals surface area contributed by atoms with Gasteiger partial charge >= 0.3 is 0 Å². The molecule has 0 aliphatic rings. The highest BCUT2D eigenvalue weighted by Gasteiger charge is 2.02. The van der Waals surface area contributed by atoms with Gasteiger partial charge in [-0.3, -0.25) is 9.78 Å². The van der Waals surface area contributed by atoms with Crippen molar-refractivity contribution in [2.45, 2.75) is 6.54 Å². The van der Waals surface area contributed by atoms with Crippen molar-refractivity contribution in [2.75, 3.05) is 7.05 Å². The van der Waals surface area contributed by atoms with Crippen molar-refractivity contribution in [1.29, 1.82) is 0 Å². The Hall–Kier alpha value is -1.42. The number of hydrogen-bond acceptors (Lipinski definition) is 3. The highest BCUT2D eigenvalue weighted by Crippen LogP contribution is 2.00. The molecule has 0 saturated heterocycles. The summed E-state index contributed by atoms with van der Waals surface area (Å²) in [7, 11) is 1.59. The summed E-state index contributed by atoms with van der Waals surface area (Å²) in [5.41, 5.74) is 6.68. The zero-order valence-electron chi connectivity index (χ0n) is 6.87. The summed E-state index contributed by atoms with van der Waals surface area (Å²) >= 11 is 0. The Labute approximate surface area is 70.8 Å². The zero-order chi connectivity index (χ0) is 8.97. The van der Waals surface area contributed by atoms with E-state index in [2.05, 4.69) is 10.3 Å². The fraction of sp³-hybridized carbons (Fsp3) is 0.250. The Balaban J connectivity index is 2.93. The molecule has 1 rings (SSSR count). The minimum Gasteiger partial charge on any atom is -0.355 e. The molecule has 12 heavy (non-hydrogen) atoms. The van der Waals surface area contributed by atoms with Crippen LogP contribution < -0.4 is 11.1 Å². The first kappa shape index (κ1) is 8.67. The molecule has 3 N–H and O–H groups in total. The molecule has 1 amide bonds. The van der Waals surface area contributed by atoms with E-state index in [1.165, 1.54) is 0 Å². The number of aromatic nitrogens is 1. The molecule has 0 aromatic carbocycles. The van der Waals surface area contributed by atoms with E-state index in [0.29, 0.717) is 12.1 Å². The van der Waals surface area contributed by atoms with Gasteiger partial charge in [0.1, 0.15) is 0 Å². The van der Waals surface area contributed by atoms with Crippen LogP contribution in [0.5, 0.6) is 0 Å². The molecule has 4 nitrogen and oxygen atoms in total. The Bertz CT molecular complexity index is 285. The quantitative estimate of drug-likeness (QED) is 0.643. The van der Waals surface area contributed by atoms with E-state index in [-0.39, 0.29) is 5.91 Å². The minimum absolute atomic E-state index is 0.118. The van der Waals surface area contributed by atoms with Crippen LogP contribution in [0.2, 0.25) is 0 Å². The van der Waals surface area contributed by atoms with Crippen LogP contribution >= 0.6 is 0 Å². The molecule has 0 aliphatic heterocycles. The number of rotatable bonds is 2. The lowest BCUT2D eigenvalue weighted by Gasteiger charge is -2.00. The number of nitrogens with two attached hydrogens (primary N) is 1. The fourth-order valence-corrected chi connectivity index (χ4v) is 0.875. The molecule has 1 heterocycles. The number of amides is 1. The molecule has 0 unspecified atom stereocenters. The first-order chi connectivity index (χ1) is 5.77. The summed E-state index contributed by atoms with van der Waals surface area (Å²) < 4.78 is 0. The van der Waals surface area contributed by atoms with Gasteiger partial charge in [-0.2, -0.15) is 0 Å². The Morgan fingerprint density at radius 3 is 3.08 bits per heavy atom. The molecule has 0 fully saturated rings. The second-order valence-corrected chi connectivity index (χ2v) is 2.32. The van der Waals surface area contributed by atoms with Gasteiger partial charge in [0.15, 0.2) is 0 Å².